The molecule has 3 rings (SSSR count). The fourth-order valence-corrected chi connectivity index (χ4v) is 1.97. The van der Waals surface area contributed by atoms with Crippen molar-refractivity contribution in [2.24, 2.45) is 0 Å². The van der Waals surface area contributed by atoms with Gasteiger partial charge in [0.2, 0.25) is 5.89 Å². The SMILES string of the molecule is CC(C)(c1nc(Cc2ccc3[nH]ncc3c2)no1)C(F)F. The highest BCUT2D eigenvalue weighted by Gasteiger charge is 2.37. The Labute approximate surface area is 119 Å². The molecular weight excluding hydrogens is 278 g/mol. The molecule has 2 aromatic heterocycles. The smallest absolute Gasteiger partial charge is 0.252 e. The van der Waals surface area contributed by atoms with Crippen molar-refractivity contribution in [3.8, 4) is 0 Å². The molecule has 1 N–H and O–H groups in total. The summed E-state index contributed by atoms with van der Waals surface area (Å²) < 4.78 is 30.8. The maximum Gasteiger partial charge on any atom is 0.252 e. The van der Waals surface area contributed by atoms with E-state index in [0.717, 1.165) is 16.5 Å². The molecule has 0 spiro atoms. The van der Waals surface area contributed by atoms with Crippen LogP contribution in [-0.2, 0) is 11.8 Å². The van der Waals surface area contributed by atoms with Crippen molar-refractivity contribution < 1.29 is 13.3 Å². The Balaban J connectivity index is 1.83. The maximum absolute atomic E-state index is 12.9. The quantitative estimate of drug-likeness (QED) is 0.802. The summed E-state index contributed by atoms with van der Waals surface area (Å²) in [5.74, 6) is 0.346. The van der Waals surface area contributed by atoms with Crippen molar-refractivity contribution in [1.29, 1.82) is 0 Å². The van der Waals surface area contributed by atoms with Crippen LogP contribution in [0.5, 0.6) is 0 Å². The van der Waals surface area contributed by atoms with Gasteiger partial charge in [-0.3, -0.25) is 5.10 Å². The van der Waals surface area contributed by atoms with Crippen LogP contribution in [0.4, 0.5) is 8.78 Å². The standard InChI is InChI=1S/C14H14F2N4O/c1-14(2,12(15)16)13-18-11(20-21-13)6-8-3-4-10-9(5-8)7-17-19-10/h3-5,7,12H,6H2,1-2H3,(H,17,19). The van der Waals surface area contributed by atoms with E-state index in [2.05, 4.69) is 20.3 Å². The fraction of sp³-hybridized carbons (Fsp3) is 0.357. The van der Waals surface area contributed by atoms with Gasteiger partial charge in [-0.1, -0.05) is 11.2 Å². The van der Waals surface area contributed by atoms with Crippen molar-refractivity contribution in [2.45, 2.75) is 32.1 Å². The summed E-state index contributed by atoms with van der Waals surface area (Å²) in [6, 6.07) is 5.77. The van der Waals surface area contributed by atoms with Crippen LogP contribution in [0.1, 0.15) is 31.1 Å². The number of hydrogen-bond acceptors (Lipinski definition) is 4. The number of fused-ring (bicyclic) bond motifs is 1. The van der Waals surface area contributed by atoms with Crippen LogP contribution < -0.4 is 0 Å². The molecule has 0 bridgehead atoms. The Bertz CT molecular complexity index is 763. The van der Waals surface area contributed by atoms with E-state index in [1.54, 1.807) is 6.20 Å². The van der Waals surface area contributed by atoms with Gasteiger partial charge in [0.05, 0.1) is 11.7 Å². The lowest BCUT2D eigenvalue weighted by Crippen LogP contribution is -2.27. The Morgan fingerprint density at radius 1 is 1.33 bits per heavy atom. The molecule has 0 unspecified atom stereocenters. The summed E-state index contributed by atoms with van der Waals surface area (Å²) in [7, 11) is 0. The minimum absolute atomic E-state index is 0.0445. The number of hydrogen-bond donors (Lipinski definition) is 1. The van der Waals surface area contributed by atoms with Crippen LogP contribution >= 0.6 is 0 Å². The van der Waals surface area contributed by atoms with Crippen LogP contribution in [0.3, 0.4) is 0 Å². The molecule has 110 valence electrons. The molecule has 0 atom stereocenters. The van der Waals surface area contributed by atoms with Gasteiger partial charge in [-0.25, -0.2) is 8.78 Å². The predicted octanol–water partition coefficient (Wildman–Crippen LogP) is 3.08. The second-order valence-electron chi connectivity index (χ2n) is 5.51. The Morgan fingerprint density at radius 3 is 2.90 bits per heavy atom. The molecule has 0 saturated carbocycles. The molecule has 0 amide bonds. The third-order valence-electron chi connectivity index (χ3n) is 3.43. The van der Waals surface area contributed by atoms with Crippen LogP contribution in [0, 0.1) is 0 Å². The second kappa shape index (κ2) is 4.91. The number of nitrogens with one attached hydrogen (secondary N) is 1. The lowest BCUT2D eigenvalue weighted by Gasteiger charge is -2.17. The lowest BCUT2D eigenvalue weighted by atomic mass is 9.94. The number of H-pyrrole nitrogens is 1. The molecule has 0 aliphatic rings. The van der Waals surface area contributed by atoms with Gasteiger partial charge in [-0.15, -0.1) is 0 Å². The van der Waals surface area contributed by atoms with Crippen molar-refractivity contribution >= 4 is 10.9 Å². The lowest BCUT2D eigenvalue weighted by molar-refractivity contribution is 0.0505. The summed E-state index contributed by atoms with van der Waals surface area (Å²) in [6.45, 7) is 2.76. The van der Waals surface area contributed by atoms with Crippen LogP contribution in [-0.4, -0.2) is 26.8 Å². The number of nitrogens with zero attached hydrogens (tertiary/aromatic N) is 3. The van der Waals surface area contributed by atoms with E-state index in [4.69, 9.17) is 4.52 Å². The third kappa shape index (κ3) is 2.51. The zero-order chi connectivity index (χ0) is 15.0. The van der Waals surface area contributed by atoms with Crippen LogP contribution in [0.2, 0.25) is 0 Å². The van der Waals surface area contributed by atoms with Gasteiger partial charge in [0.1, 0.15) is 5.41 Å². The first-order valence-corrected chi connectivity index (χ1v) is 6.50. The Hall–Kier alpha value is -2.31. The topological polar surface area (TPSA) is 67.6 Å². The zero-order valence-corrected chi connectivity index (χ0v) is 11.6. The molecule has 0 aliphatic heterocycles. The van der Waals surface area contributed by atoms with E-state index in [1.165, 1.54) is 13.8 Å². The monoisotopic (exact) mass is 292 g/mol. The van der Waals surface area contributed by atoms with Gasteiger partial charge in [0.15, 0.2) is 5.82 Å². The van der Waals surface area contributed by atoms with E-state index in [-0.39, 0.29) is 5.89 Å². The zero-order valence-electron chi connectivity index (χ0n) is 11.6. The first-order valence-electron chi connectivity index (χ1n) is 6.50. The molecule has 3 aromatic rings. The number of halogens is 2. The minimum atomic E-state index is -2.56. The van der Waals surface area contributed by atoms with Gasteiger partial charge in [0, 0.05) is 11.8 Å². The Kier molecular flexibility index (Phi) is 3.19. The highest BCUT2D eigenvalue weighted by Crippen LogP contribution is 2.29. The average Bonchev–Trinajstić information content (AvgIpc) is 3.06. The van der Waals surface area contributed by atoms with Gasteiger partial charge < -0.3 is 4.52 Å². The summed E-state index contributed by atoms with van der Waals surface area (Å²) in [5, 5.41) is 11.6. The maximum atomic E-state index is 12.9. The third-order valence-corrected chi connectivity index (χ3v) is 3.43. The largest absolute Gasteiger partial charge is 0.339 e. The number of rotatable bonds is 4. The second-order valence-corrected chi connectivity index (χ2v) is 5.51. The van der Waals surface area contributed by atoms with Crippen molar-refractivity contribution in [2.75, 3.05) is 0 Å². The molecule has 0 saturated heterocycles. The number of aromatic amines is 1. The van der Waals surface area contributed by atoms with Gasteiger partial charge in [-0.05, 0) is 31.5 Å². The van der Waals surface area contributed by atoms with Crippen LogP contribution in [0.25, 0.3) is 10.9 Å². The number of alkyl halides is 2. The summed E-state index contributed by atoms with van der Waals surface area (Å²) in [4.78, 5) is 4.08. The first-order chi connectivity index (χ1) is 9.96. The summed E-state index contributed by atoms with van der Waals surface area (Å²) in [6.07, 6.45) is -0.419. The molecule has 21 heavy (non-hydrogen) atoms. The molecular formula is C14H14F2N4O. The van der Waals surface area contributed by atoms with Crippen molar-refractivity contribution in [1.82, 2.24) is 20.3 Å². The van der Waals surface area contributed by atoms with Gasteiger partial charge >= 0.3 is 0 Å². The molecule has 0 radical (unpaired) electrons. The van der Waals surface area contributed by atoms with E-state index in [0.29, 0.717) is 12.2 Å². The van der Waals surface area contributed by atoms with E-state index in [9.17, 15) is 8.78 Å². The minimum Gasteiger partial charge on any atom is -0.339 e. The molecule has 0 fully saturated rings. The average molecular weight is 292 g/mol. The summed E-state index contributed by atoms with van der Waals surface area (Å²) in [5.41, 5.74) is 0.456. The Morgan fingerprint density at radius 2 is 2.14 bits per heavy atom. The number of benzene rings is 1. The van der Waals surface area contributed by atoms with Crippen LogP contribution in [0.15, 0.2) is 28.9 Å². The molecule has 5 nitrogen and oxygen atoms in total. The van der Waals surface area contributed by atoms with Crippen molar-refractivity contribution in [3.63, 3.8) is 0 Å². The van der Waals surface area contributed by atoms with Gasteiger partial charge in [-0.2, -0.15) is 10.1 Å². The molecule has 7 heteroatoms. The first kappa shape index (κ1) is 13.7. The predicted molar refractivity (Wildman–Crippen MR) is 72.2 cm³/mol. The van der Waals surface area contributed by atoms with Gasteiger partial charge in [0.25, 0.3) is 6.43 Å². The highest BCUT2D eigenvalue weighted by molar-refractivity contribution is 5.78. The molecule has 2 heterocycles. The normalized spacial score (nSPS) is 12.4. The van der Waals surface area contributed by atoms with E-state index in [1.807, 2.05) is 18.2 Å². The van der Waals surface area contributed by atoms with Crippen molar-refractivity contribution in [3.05, 3.63) is 41.7 Å². The summed E-state index contributed by atoms with van der Waals surface area (Å²) >= 11 is 0. The number of aromatic nitrogens is 4. The van der Waals surface area contributed by atoms with E-state index >= 15 is 0 Å². The van der Waals surface area contributed by atoms with E-state index < -0.39 is 11.8 Å². The molecule has 0 aliphatic carbocycles. The fourth-order valence-electron chi connectivity index (χ4n) is 1.97. The highest BCUT2D eigenvalue weighted by atomic mass is 19.3. The molecule has 1 aromatic carbocycles.